The standard InChI is InChI=1S/C25H23N5O6S3/c1-17-8-13-21(14-22(17)30(32)33)39(34,35)29(19-9-11-20(36-2)12-10-19)15-23(31)26-24-27-28-25(38-24)37-16-18-6-4-3-5-7-18/h3-14H,15-16H2,1-2H3,(H,26,27,31). The second-order valence-corrected chi connectivity index (χ2v) is 12.2. The van der Waals surface area contributed by atoms with Crippen molar-refractivity contribution in [3.05, 3.63) is 94.0 Å². The zero-order valence-corrected chi connectivity index (χ0v) is 23.3. The second-order valence-electron chi connectivity index (χ2n) is 8.11. The predicted molar refractivity (Wildman–Crippen MR) is 150 cm³/mol. The van der Waals surface area contributed by atoms with Gasteiger partial charge in [0.15, 0.2) is 4.34 Å². The summed E-state index contributed by atoms with van der Waals surface area (Å²) in [4.78, 5) is 23.5. The van der Waals surface area contributed by atoms with Crippen LogP contribution in [0.3, 0.4) is 0 Å². The lowest BCUT2D eigenvalue weighted by atomic mass is 10.2. The highest BCUT2D eigenvalue weighted by molar-refractivity contribution is 8.00. The van der Waals surface area contributed by atoms with Gasteiger partial charge in [-0.15, -0.1) is 10.2 Å². The number of hydrogen-bond acceptors (Lipinski definition) is 10. The molecule has 0 atom stereocenters. The number of sulfonamides is 1. The van der Waals surface area contributed by atoms with Crippen LogP contribution in [-0.4, -0.2) is 43.1 Å². The van der Waals surface area contributed by atoms with Crippen molar-refractivity contribution in [2.45, 2.75) is 21.9 Å². The van der Waals surface area contributed by atoms with E-state index in [2.05, 4.69) is 15.5 Å². The van der Waals surface area contributed by atoms with Crippen LogP contribution < -0.4 is 14.4 Å². The fourth-order valence-corrected chi connectivity index (χ4v) is 6.63. The Morgan fingerprint density at radius 3 is 2.49 bits per heavy atom. The van der Waals surface area contributed by atoms with Crippen molar-refractivity contribution in [2.24, 2.45) is 0 Å². The van der Waals surface area contributed by atoms with E-state index in [9.17, 15) is 23.3 Å². The van der Waals surface area contributed by atoms with Gasteiger partial charge in [-0.1, -0.05) is 59.5 Å². The minimum Gasteiger partial charge on any atom is -0.497 e. The number of hydrogen-bond donors (Lipinski definition) is 1. The molecule has 0 spiro atoms. The normalized spacial score (nSPS) is 11.1. The first-order valence-electron chi connectivity index (χ1n) is 11.4. The molecule has 202 valence electrons. The monoisotopic (exact) mass is 585 g/mol. The Hall–Kier alpha value is -4.01. The van der Waals surface area contributed by atoms with Crippen LogP contribution >= 0.6 is 23.1 Å². The minimum atomic E-state index is -4.38. The van der Waals surface area contributed by atoms with Gasteiger partial charge >= 0.3 is 0 Å². The number of rotatable bonds is 11. The molecule has 1 aromatic heterocycles. The number of benzene rings is 3. The summed E-state index contributed by atoms with van der Waals surface area (Å²) in [7, 11) is -2.91. The lowest BCUT2D eigenvalue weighted by Crippen LogP contribution is -2.38. The fourth-order valence-electron chi connectivity index (χ4n) is 3.46. The van der Waals surface area contributed by atoms with Crippen LogP contribution in [0.1, 0.15) is 11.1 Å². The summed E-state index contributed by atoms with van der Waals surface area (Å²) in [5, 5.41) is 22.3. The molecule has 0 fully saturated rings. The summed E-state index contributed by atoms with van der Waals surface area (Å²) in [6.07, 6.45) is 0. The van der Waals surface area contributed by atoms with Gasteiger partial charge in [0.2, 0.25) is 11.0 Å². The number of thioether (sulfide) groups is 1. The zero-order valence-electron chi connectivity index (χ0n) is 20.8. The number of nitrogens with zero attached hydrogens (tertiary/aromatic N) is 4. The molecule has 4 aromatic rings. The Morgan fingerprint density at radius 1 is 1.10 bits per heavy atom. The summed E-state index contributed by atoms with van der Waals surface area (Å²) in [6.45, 7) is 0.903. The predicted octanol–water partition coefficient (Wildman–Crippen LogP) is 4.89. The molecule has 4 rings (SSSR count). The van der Waals surface area contributed by atoms with Crippen molar-refractivity contribution in [1.82, 2.24) is 10.2 Å². The van der Waals surface area contributed by atoms with Gasteiger partial charge in [-0.05, 0) is 42.8 Å². The van der Waals surface area contributed by atoms with E-state index in [0.717, 1.165) is 15.9 Å². The highest BCUT2D eigenvalue weighted by Gasteiger charge is 2.29. The fraction of sp³-hybridized carbons (Fsp3) is 0.160. The van der Waals surface area contributed by atoms with Crippen LogP contribution in [0.15, 0.2) is 82.0 Å². The molecule has 14 heteroatoms. The van der Waals surface area contributed by atoms with Gasteiger partial charge in [0.1, 0.15) is 12.3 Å². The average molecular weight is 586 g/mol. The van der Waals surface area contributed by atoms with Crippen LogP contribution in [-0.2, 0) is 20.6 Å². The van der Waals surface area contributed by atoms with E-state index in [0.29, 0.717) is 21.4 Å². The summed E-state index contributed by atoms with van der Waals surface area (Å²) < 4.78 is 34.0. The van der Waals surface area contributed by atoms with E-state index >= 15 is 0 Å². The van der Waals surface area contributed by atoms with Crippen molar-refractivity contribution < 1.29 is 22.9 Å². The molecule has 3 aromatic carbocycles. The van der Waals surface area contributed by atoms with E-state index in [-0.39, 0.29) is 21.4 Å². The first-order valence-corrected chi connectivity index (χ1v) is 14.6. The van der Waals surface area contributed by atoms with E-state index in [1.54, 1.807) is 12.1 Å². The number of anilines is 2. The van der Waals surface area contributed by atoms with Crippen LogP contribution in [0, 0.1) is 17.0 Å². The van der Waals surface area contributed by atoms with Crippen molar-refractivity contribution in [2.75, 3.05) is 23.3 Å². The quantitative estimate of drug-likeness (QED) is 0.113. The van der Waals surface area contributed by atoms with Gasteiger partial charge in [0.05, 0.1) is 22.6 Å². The molecule has 1 heterocycles. The molecule has 0 aliphatic carbocycles. The van der Waals surface area contributed by atoms with Crippen LogP contribution in [0.2, 0.25) is 0 Å². The maximum atomic E-state index is 13.6. The van der Waals surface area contributed by atoms with Crippen molar-refractivity contribution in [1.29, 1.82) is 0 Å². The molecule has 0 unspecified atom stereocenters. The summed E-state index contributed by atoms with van der Waals surface area (Å²) in [5.41, 5.74) is 1.25. The number of aryl methyl sites for hydroxylation is 1. The Labute approximate surface area is 233 Å². The number of aromatic nitrogens is 2. The molecule has 1 amide bonds. The van der Waals surface area contributed by atoms with Crippen LogP contribution in [0.5, 0.6) is 5.75 Å². The van der Waals surface area contributed by atoms with Crippen LogP contribution in [0.4, 0.5) is 16.5 Å². The number of nitro benzene ring substituents is 1. The van der Waals surface area contributed by atoms with E-state index < -0.39 is 27.4 Å². The van der Waals surface area contributed by atoms with E-state index in [1.165, 1.54) is 61.4 Å². The number of methoxy groups -OCH3 is 1. The number of amides is 1. The average Bonchev–Trinajstić information content (AvgIpc) is 3.38. The Balaban J connectivity index is 1.56. The van der Waals surface area contributed by atoms with Gasteiger partial charge in [0.25, 0.3) is 15.7 Å². The number of ether oxygens (including phenoxy) is 1. The topological polar surface area (TPSA) is 145 Å². The van der Waals surface area contributed by atoms with E-state index in [1.807, 2.05) is 30.3 Å². The maximum absolute atomic E-state index is 13.6. The number of nitro groups is 1. The summed E-state index contributed by atoms with van der Waals surface area (Å²) >= 11 is 2.63. The first-order chi connectivity index (χ1) is 18.7. The first kappa shape index (κ1) is 28.0. The lowest BCUT2D eigenvalue weighted by Gasteiger charge is -2.24. The van der Waals surface area contributed by atoms with Gasteiger partial charge in [-0.2, -0.15) is 0 Å². The third-order valence-corrected chi connectivity index (χ3v) is 9.28. The molecule has 0 saturated heterocycles. The second kappa shape index (κ2) is 12.2. The van der Waals surface area contributed by atoms with E-state index in [4.69, 9.17) is 4.74 Å². The molecule has 0 radical (unpaired) electrons. The summed E-state index contributed by atoms with van der Waals surface area (Å²) in [5.74, 6) is 0.503. The summed E-state index contributed by atoms with van der Waals surface area (Å²) in [6, 6.07) is 19.5. The van der Waals surface area contributed by atoms with Crippen LogP contribution in [0.25, 0.3) is 0 Å². The highest BCUT2D eigenvalue weighted by atomic mass is 32.2. The van der Waals surface area contributed by atoms with Gasteiger partial charge < -0.3 is 4.74 Å². The van der Waals surface area contributed by atoms with Crippen molar-refractivity contribution >= 4 is 55.5 Å². The molecule has 0 aliphatic heterocycles. The smallest absolute Gasteiger partial charge is 0.273 e. The van der Waals surface area contributed by atoms with Gasteiger partial charge in [-0.25, -0.2) is 8.42 Å². The Morgan fingerprint density at radius 2 is 1.82 bits per heavy atom. The molecular formula is C25H23N5O6S3. The third kappa shape index (κ3) is 6.90. The molecule has 39 heavy (non-hydrogen) atoms. The SMILES string of the molecule is COc1ccc(N(CC(=O)Nc2nnc(SCc3ccccc3)s2)S(=O)(=O)c2ccc(C)c([N+](=O)[O-])c2)cc1. The van der Waals surface area contributed by atoms with Gasteiger partial charge in [0, 0.05) is 17.4 Å². The Kier molecular flexibility index (Phi) is 8.79. The molecule has 1 N–H and O–H groups in total. The molecule has 0 saturated carbocycles. The molecule has 0 bridgehead atoms. The zero-order chi connectivity index (χ0) is 28.0. The largest absolute Gasteiger partial charge is 0.497 e. The molecule has 11 nitrogen and oxygen atoms in total. The molecular weight excluding hydrogens is 563 g/mol. The Bertz CT molecular complexity index is 1580. The lowest BCUT2D eigenvalue weighted by molar-refractivity contribution is -0.385. The van der Waals surface area contributed by atoms with Gasteiger partial charge in [-0.3, -0.25) is 24.5 Å². The number of nitrogens with one attached hydrogen (secondary N) is 1. The number of carbonyl (C=O) groups is 1. The molecule has 0 aliphatic rings. The maximum Gasteiger partial charge on any atom is 0.273 e. The third-order valence-electron chi connectivity index (χ3n) is 5.47. The minimum absolute atomic E-state index is 0.172. The van der Waals surface area contributed by atoms with Crippen molar-refractivity contribution in [3.8, 4) is 5.75 Å². The highest BCUT2D eigenvalue weighted by Crippen LogP contribution is 2.30. The van der Waals surface area contributed by atoms with Crippen molar-refractivity contribution in [3.63, 3.8) is 0 Å². The number of carbonyl (C=O) groups excluding carboxylic acids is 1.